The highest BCUT2D eigenvalue weighted by molar-refractivity contribution is 6.32. The molecule has 2 aliphatic rings. The summed E-state index contributed by atoms with van der Waals surface area (Å²) in [5.74, 6) is 0.660. The number of ether oxygens (including phenoxy) is 1. The van der Waals surface area contributed by atoms with Crippen LogP contribution >= 0.6 is 11.6 Å². The Morgan fingerprint density at radius 3 is 2.48 bits per heavy atom. The molecule has 2 fully saturated rings. The molecule has 1 atom stereocenters. The zero-order valence-corrected chi connectivity index (χ0v) is 17.5. The largest absolute Gasteiger partial charge is 0.489 e. The fourth-order valence-corrected chi connectivity index (χ4v) is 4.14. The van der Waals surface area contributed by atoms with Crippen LogP contribution in [0.15, 0.2) is 18.2 Å². The smallest absolute Gasteiger partial charge is 0.253 e. The van der Waals surface area contributed by atoms with Crippen LogP contribution in [0.1, 0.15) is 50.4 Å². The van der Waals surface area contributed by atoms with Crippen LogP contribution in [0.5, 0.6) is 5.75 Å². The van der Waals surface area contributed by atoms with Crippen molar-refractivity contribution in [3.05, 3.63) is 28.8 Å². The van der Waals surface area contributed by atoms with E-state index in [1.54, 1.807) is 11.0 Å². The van der Waals surface area contributed by atoms with Crippen LogP contribution in [-0.4, -0.2) is 60.6 Å². The molecule has 0 radical (unpaired) electrons. The Hall–Kier alpha value is -1.30. The number of nitrogens with two attached hydrogens (primary N) is 1. The number of piperidine rings is 1. The maximum Gasteiger partial charge on any atom is 0.253 e. The van der Waals surface area contributed by atoms with Gasteiger partial charge in [0.1, 0.15) is 11.9 Å². The Morgan fingerprint density at radius 1 is 1.22 bits per heavy atom. The van der Waals surface area contributed by atoms with Crippen molar-refractivity contribution in [3.8, 4) is 5.75 Å². The highest BCUT2D eigenvalue weighted by Gasteiger charge is 2.26. The minimum Gasteiger partial charge on any atom is -0.489 e. The van der Waals surface area contributed by atoms with Gasteiger partial charge in [0, 0.05) is 44.3 Å². The summed E-state index contributed by atoms with van der Waals surface area (Å²) in [5, 5.41) is 0.501. The van der Waals surface area contributed by atoms with Gasteiger partial charge < -0.3 is 20.3 Å². The van der Waals surface area contributed by atoms with Gasteiger partial charge in [-0.2, -0.15) is 0 Å². The van der Waals surface area contributed by atoms with Gasteiger partial charge >= 0.3 is 0 Å². The first kappa shape index (κ1) is 20.4. The van der Waals surface area contributed by atoms with Crippen molar-refractivity contribution in [1.29, 1.82) is 0 Å². The van der Waals surface area contributed by atoms with E-state index in [9.17, 15) is 4.79 Å². The topological polar surface area (TPSA) is 58.8 Å². The number of likely N-dealkylation sites (tertiary alicyclic amines) is 2. The first-order valence-electron chi connectivity index (χ1n) is 9.95. The Morgan fingerprint density at radius 2 is 1.93 bits per heavy atom. The van der Waals surface area contributed by atoms with E-state index in [0.717, 1.165) is 38.9 Å². The fourth-order valence-electron chi connectivity index (χ4n) is 3.92. The number of halogens is 1. The molecule has 0 aromatic heterocycles. The lowest BCUT2D eigenvalue weighted by atomic mass is 9.94. The predicted octanol–water partition coefficient (Wildman–Crippen LogP) is 3.40. The van der Waals surface area contributed by atoms with Gasteiger partial charge in [0.2, 0.25) is 0 Å². The maximum atomic E-state index is 12.6. The van der Waals surface area contributed by atoms with Gasteiger partial charge in [-0.1, -0.05) is 32.4 Å². The molecule has 0 saturated carbocycles. The molecular formula is C21H32ClN3O2. The zero-order chi connectivity index (χ0) is 19.6. The van der Waals surface area contributed by atoms with Gasteiger partial charge in [0.25, 0.3) is 5.91 Å². The number of rotatable bonds is 4. The Balaban J connectivity index is 1.55. The summed E-state index contributed by atoms with van der Waals surface area (Å²) in [6.07, 6.45) is 3.03. The van der Waals surface area contributed by atoms with Crippen molar-refractivity contribution < 1.29 is 9.53 Å². The number of carbonyl (C=O) groups excluding carboxylic acids is 1. The third kappa shape index (κ3) is 5.59. The highest BCUT2D eigenvalue weighted by atomic mass is 35.5. The monoisotopic (exact) mass is 393 g/mol. The lowest BCUT2D eigenvalue weighted by Gasteiger charge is -2.36. The molecule has 1 aromatic carbocycles. The van der Waals surface area contributed by atoms with Crippen molar-refractivity contribution in [2.24, 2.45) is 11.1 Å². The van der Waals surface area contributed by atoms with E-state index < -0.39 is 0 Å². The van der Waals surface area contributed by atoms with Crippen LogP contribution < -0.4 is 10.5 Å². The molecule has 2 aliphatic heterocycles. The molecule has 27 heavy (non-hydrogen) atoms. The van der Waals surface area contributed by atoms with Crippen molar-refractivity contribution >= 4 is 17.5 Å². The molecule has 0 bridgehead atoms. The number of carbonyl (C=O) groups is 1. The molecule has 1 amide bonds. The summed E-state index contributed by atoms with van der Waals surface area (Å²) in [4.78, 5) is 16.9. The van der Waals surface area contributed by atoms with Crippen LogP contribution in [-0.2, 0) is 0 Å². The molecule has 0 spiro atoms. The summed E-state index contributed by atoms with van der Waals surface area (Å²) >= 11 is 6.41. The minimum absolute atomic E-state index is 0.00751. The third-order valence-electron chi connectivity index (χ3n) is 5.22. The Bertz CT molecular complexity index is 666. The first-order valence-corrected chi connectivity index (χ1v) is 10.3. The summed E-state index contributed by atoms with van der Waals surface area (Å²) in [7, 11) is 0. The molecular weight excluding hydrogens is 362 g/mol. The second-order valence-corrected chi connectivity index (χ2v) is 9.51. The third-order valence-corrected chi connectivity index (χ3v) is 5.51. The van der Waals surface area contributed by atoms with Crippen molar-refractivity contribution in [1.82, 2.24) is 9.80 Å². The molecule has 0 unspecified atom stereocenters. The molecule has 1 aromatic rings. The molecule has 2 heterocycles. The predicted molar refractivity (Wildman–Crippen MR) is 109 cm³/mol. The standard InChI is InChI=1S/C21H32ClN3O2/c1-21(2,3)14-24-9-7-17(8-10-24)27-19-5-4-15(12-18(19)22)20(26)25-11-6-16(23)13-25/h4-5,12,16-17H,6-11,13-14,23H2,1-3H3/t16-/m0/s1. The Kier molecular flexibility index (Phi) is 6.34. The summed E-state index contributed by atoms with van der Waals surface area (Å²) < 4.78 is 6.14. The second-order valence-electron chi connectivity index (χ2n) is 9.10. The van der Waals surface area contributed by atoms with E-state index in [0.29, 0.717) is 34.8 Å². The molecule has 2 saturated heterocycles. The van der Waals surface area contributed by atoms with Gasteiger partial charge in [0.15, 0.2) is 0 Å². The van der Waals surface area contributed by atoms with Crippen LogP contribution in [0, 0.1) is 5.41 Å². The summed E-state index contributed by atoms with van der Waals surface area (Å²) in [6.45, 7) is 11.3. The van der Waals surface area contributed by atoms with Crippen molar-refractivity contribution in [2.75, 3.05) is 32.7 Å². The fraction of sp³-hybridized carbons (Fsp3) is 0.667. The number of benzene rings is 1. The van der Waals surface area contributed by atoms with Crippen molar-refractivity contribution in [2.45, 2.75) is 52.2 Å². The number of nitrogens with zero attached hydrogens (tertiary/aromatic N) is 2. The average Bonchev–Trinajstić information content (AvgIpc) is 3.03. The average molecular weight is 394 g/mol. The lowest BCUT2D eigenvalue weighted by molar-refractivity contribution is 0.0788. The van der Waals surface area contributed by atoms with E-state index in [1.165, 1.54) is 0 Å². The maximum absolute atomic E-state index is 12.6. The van der Waals surface area contributed by atoms with E-state index in [2.05, 4.69) is 25.7 Å². The van der Waals surface area contributed by atoms with Gasteiger partial charge in [-0.15, -0.1) is 0 Å². The lowest BCUT2D eigenvalue weighted by Crippen LogP contribution is -2.42. The molecule has 3 rings (SSSR count). The van der Waals surface area contributed by atoms with Crippen LogP contribution in [0.25, 0.3) is 0 Å². The van der Waals surface area contributed by atoms with E-state index >= 15 is 0 Å². The van der Waals surface area contributed by atoms with E-state index in [1.807, 2.05) is 12.1 Å². The minimum atomic E-state index is -0.00751. The number of amides is 1. The summed E-state index contributed by atoms with van der Waals surface area (Å²) in [5.41, 5.74) is 6.82. The van der Waals surface area contributed by atoms with Crippen LogP contribution in [0.4, 0.5) is 0 Å². The van der Waals surface area contributed by atoms with Crippen LogP contribution in [0.3, 0.4) is 0 Å². The Labute approximate surface area is 167 Å². The van der Waals surface area contributed by atoms with E-state index in [4.69, 9.17) is 22.1 Å². The SMILES string of the molecule is CC(C)(C)CN1CCC(Oc2ccc(C(=O)N3CC[C@H](N)C3)cc2Cl)CC1. The molecule has 2 N–H and O–H groups in total. The summed E-state index contributed by atoms with van der Waals surface area (Å²) in [6, 6.07) is 5.43. The molecule has 0 aliphatic carbocycles. The van der Waals surface area contributed by atoms with Gasteiger partial charge in [-0.25, -0.2) is 0 Å². The highest BCUT2D eigenvalue weighted by Crippen LogP contribution is 2.29. The van der Waals surface area contributed by atoms with E-state index in [-0.39, 0.29) is 18.1 Å². The number of hydrogen-bond donors (Lipinski definition) is 1. The van der Waals surface area contributed by atoms with Gasteiger partial charge in [-0.3, -0.25) is 4.79 Å². The van der Waals surface area contributed by atoms with Crippen molar-refractivity contribution in [3.63, 3.8) is 0 Å². The molecule has 5 nitrogen and oxygen atoms in total. The molecule has 6 heteroatoms. The van der Waals surface area contributed by atoms with Crippen LogP contribution in [0.2, 0.25) is 5.02 Å². The molecule has 150 valence electrons. The number of hydrogen-bond acceptors (Lipinski definition) is 4. The van der Waals surface area contributed by atoms with Gasteiger partial charge in [-0.05, 0) is 42.9 Å². The normalized spacial score (nSPS) is 22.3. The second kappa shape index (κ2) is 8.38. The quantitative estimate of drug-likeness (QED) is 0.851. The van der Waals surface area contributed by atoms with Gasteiger partial charge in [0.05, 0.1) is 5.02 Å². The first-order chi connectivity index (χ1) is 12.7. The zero-order valence-electron chi connectivity index (χ0n) is 16.7.